The summed E-state index contributed by atoms with van der Waals surface area (Å²) in [6, 6.07) is 10.7. The first-order chi connectivity index (χ1) is 11.6. The molecule has 0 bridgehead atoms. The molecule has 1 aliphatic carbocycles. The first kappa shape index (κ1) is 22.5. The molecule has 2 unspecified atom stereocenters. The minimum absolute atomic E-state index is 0. The summed E-state index contributed by atoms with van der Waals surface area (Å²) in [5.41, 5.74) is 6.60. The van der Waals surface area contributed by atoms with Crippen LogP contribution >= 0.6 is 36.4 Å². The highest BCUT2D eigenvalue weighted by atomic mass is 35.5. The van der Waals surface area contributed by atoms with Gasteiger partial charge in [0.25, 0.3) is 0 Å². The number of amides is 1. The van der Waals surface area contributed by atoms with E-state index < -0.39 is 0 Å². The van der Waals surface area contributed by atoms with Crippen LogP contribution in [0.5, 0.6) is 11.6 Å². The number of carbonyl (C=O) groups is 1. The smallest absolute Gasteiger partial charge is 0.227 e. The second-order valence-corrected chi connectivity index (χ2v) is 6.49. The third-order valence-electron chi connectivity index (χ3n) is 4.13. The molecule has 0 aliphatic heterocycles. The zero-order valence-corrected chi connectivity index (χ0v) is 16.4. The number of hydrogen-bond acceptors (Lipinski definition) is 4. The van der Waals surface area contributed by atoms with Gasteiger partial charge in [0.1, 0.15) is 5.75 Å². The molecule has 1 aromatic heterocycles. The van der Waals surface area contributed by atoms with Crippen LogP contribution in [0.2, 0.25) is 5.02 Å². The van der Waals surface area contributed by atoms with E-state index in [0.717, 1.165) is 25.7 Å². The lowest BCUT2D eigenvalue weighted by Crippen LogP contribution is -2.34. The predicted octanol–water partition coefficient (Wildman–Crippen LogP) is 4.83. The van der Waals surface area contributed by atoms with E-state index in [0.29, 0.717) is 22.3 Å². The number of benzene rings is 1. The van der Waals surface area contributed by atoms with Gasteiger partial charge in [-0.2, -0.15) is 0 Å². The van der Waals surface area contributed by atoms with E-state index in [1.54, 1.807) is 42.6 Å². The van der Waals surface area contributed by atoms with Crippen molar-refractivity contribution in [2.24, 2.45) is 11.7 Å². The van der Waals surface area contributed by atoms with Crippen molar-refractivity contribution in [2.75, 3.05) is 5.32 Å². The van der Waals surface area contributed by atoms with Crippen molar-refractivity contribution in [3.8, 4) is 11.6 Å². The van der Waals surface area contributed by atoms with Gasteiger partial charge in [0, 0.05) is 23.0 Å². The summed E-state index contributed by atoms with van der Waals surface area (Å²) in [5.74, 6) is 1.10. The molecule has 1 saturated carbocycles. The topological polar surface area (TPSA) is 77.2 Å². The van der Waals surface area contributed by atoms with Crippen LogP contribution in [0, 0.1) is 5.92 Å². The number of ether oxygens (including phenoxy) is 1. The molecule has 1 aromatic carbocycles. The van der Waals surface area contributed by atoms with Gasteiger partial charge < -0.3 is 15.8 Å². The molecule has 5 nitrogen and oxygen atoms in total. The fraction of sp³-hybridized carbons (Fsp3) is 0.333. The van der Waals surface area contributed by atoms with Crippen molar-refractivity contribution in [1.82, 2.24) is 4.98 Å². The molecule has 3 N–H and O–H groups in total. The van der Waals surface area contributed by atoms with E-state index in [1.165, 1.54) is 0 Å². The molecule has 26 heavy (non-hydrogen) atoms. The predicted molar refractivity (Wildman–Crippen MR) is 109 cm³/mol. The highest BCUT2D eigenvalue weighted by molar-refractivity contribution is 6.30. The van der Waals surface area contributed by atoms with Crippen molar-refractivity contribution < 1.29 is 9.53 Å². The number of nitrogens with one attached hydrogen (secondary N) is 1. The molecule has 2 atom stereocenters. The number of halogens is 3. The Labute approximate surface area is 170 Å². The Kier molecular flexibility index (Phi) is 9.16. The maximum Gasteiger partial charge on any atom is 0.227 e. The van der Waals surface area contributed by atoms with Gasteiger partial charge in [0.05, 0.1) is 11.9 Å². The molecule has 1 heterocycles. The molecule has 2 aromatic rings. The summed E-state index contributed by atoms with van der Waals surface area (Å²) in [4.78, 5) is 16.5. The fourth-order valence-electron chi connectivity index (χ4n) is 2.85. The van der Waals surface area contributed by atoms with Crippen LogP contribution in [0.4, 0.5) is 5.69 Å². The summed E-state index contributed by atoms with van der Waals surface area (Å²) in [5, 5.41) is 3.55. The molecule has 3 rings (SSSR count). The summed E-state index contributed by atoms with van der Waals surface area (Å²) < 4.78 is 5.62. The minimum atomic E-state index is -0.0151. The average Bonchev–Trinajstić information content (AvgIpc) is 2.59. The summed E-state index contributed by atoms with van der Waals surface area (Å²) in [7, 11) is 0. The zero-order chi connectivity index (χ0) is 16.9. The van der Waals surface area contributed by atoms with Gasteiger partial charge in [-0.05, 0) is 49.6 Å². The number of aromatic nitrogens is 1. The quantitative estimate of drug-likeness (QED) is 0.745. The Hall–Kier alpha value is -1.53. The third kappa shape index (κ3) is 6.32. The number of rotatable bonds is 4. The maximum absolute atomic E-state index is 12.3. The van der Waals surface area contributed by atoms with Crippen LogP contribution in [-0.4, -0.2) is 16.9 Å². The second kappa shape index (κ2) is 10.6. The lowest BCUT2D eigenvalue weighted by Gasteiger charge is -2.25. The molecular formula is C18H22Cl3N3O2. The normalized spacial score (nSPS) is 18.8. The van der Waals surface area contributed by atoms with Crippen molar-refractivity contribution in [2.45, 2.75) is 31.7 Å². The van der Waals surface area contributed by atoms with Crippen LogP contribution in [0.25, 0.3) is 0 Å². The van der Waals surface area contributed by atoms with Gasteiger partial charge in [0.15, 0.2) is 0 Å². The molecule has 1 aliphatic rings. The van der Waals surface area contributed by atoms with Gasteiger partial charge in [0.2, 0.25) is 11.8 Å². The number of nitrogens with two attached hydrogens (primary N) is 1. The standard InChI is InChI=1S/C18H20ClN3O2.2ClH/c19-13-4-7-16(8-5-13)24-17-9-6-15(11-21-17)22-18(23)12-2-1-3-14(20)10-12;;/h4-9,11-12,14H,1-3,10,20H2,(H,22,23);2*1H. The molecule has 8 heteroatoms. The van der Waals surface area contributed by atoms with Crippen molar-refractivity contribution in [1.29, 1.82) is 0 Å². The SMILES string of the molecule is Cl.Cl.NC1CCCC(C(=O)Nc2ccc(Oc3ccc(Cl)cc3)nc2)C1. The van der Waals surface area contributed by atoms with Crippen LogP contribution in [0.15, 0.2) is 42.6 Å². The lowest BCUT2D eigenvalue weighted by molar-refractivity contribution is -0.120. The monoisotopic (exact) mass is 417 g/mol. The third-order valence-corrected chi connectivity index (χ3v) is 4.38. The number of anilines is 1. The van der Waals surface area contributed by atoms with E-state index >= 15 is 0 Å². The zero-order valence-electron chi connectivity index (χ0n) is 14.1. The molecular weight excluding hydrogens is 397 g/mol. The summed E-state index contributed by atoms with van der Waals surface area (Å²) in [6.45, 7) is 0. The minimum Gasteiger partial charge on any atom is -0.439 e. The van der Waals surface area contributed by atoms with Crippen molar-refractivity contribution in [3.63, 3.8) is 0 Å². The molecule has 0 radical (unpaired) electrons. The van der Waals surface area contributed by atoms with E-state index in [4.69, 9.17) is 22.1 Å². The van der Waals surface area contributed by atoms with Crippen molar-refractivity contribution >= 4 is 48.0 Å². The summed E-state index contributed by atoms with van der Waals surface area (Å²) >= 11 is 5.84. The average molecular weight is 419 g/mol. The van der Waals surface area contributed by atoms with Crippen LogP contribution < -0.4 is 15.8 Å². The van der Waals surface area contributed by atoms with E-state index in [9.17, 15) is 4.79 Å². The molecule has 142 valence electrons. The Morgan fingerprint density at radius 3 is 2.50 bits per heavy atom. The van der Waals surface area contributed by atoms with Gasteiger partial charge in [-0.25, -0.2) is 4.98 Å². The number of carbonyl (C=O) groups excluding carboxylic acids is 1. The Balaban J connectivity index is 0.00000169. The first-order valence-electron chi connectivity index (χ1n) is 8.06. The number of pyridine rings is 1. The van der Waals surface area contributed by atoms with Crippen LogP contribution in [0.1, 0.15) is 25.7 Å². The highest BCUT2D eigenvalue weighted by Gasteiger charge is 2.25. The summed E-state index contributed by atoms with van der Waals surface area (Å²) in [6.07, 6.45) is 5.24. The van der Waals surface area contributed by atoms with E-state index in [-0.39, 0.29) is 42.7 Å². The molecule has 0 spiro atoms. The van der Waals surface area contributed by atoms with Gasteiger partial charge >= 0.3 is 0 Å². The fourth-order valence-corrected chi connectivity index (χ4v) is 2.97. The highest BCUT2D eigenvalue weighted by Crippen LogP contribution is 2.25. The van der Waals surface area contributed by atoms with Crippen LogP contribution in [-0.2, 0) is 4.79 Å². The number of nitrogens with zero attached hydrogens (tertiary/aromatic N) is 1. The first-order valence-corrected chi connectivity index (χ1v) is 8.44. The lowest BCUT2D eigenvalue weighted by atomic mass is 9.85. The Morgan fingerprint density at radius 1 is 1.15 bits per heavy atom. The van der Waals surface area contributed by atoms with Gasteiger partial charge in [-0.3, -0.25) is 4.79 Å². The maximum atomic E-state index is 12.3. The van der Waals surface area contributed by atoms with Gasteiger partial charge in [-0.15, -0.1) is 24.8 Å². The second-order valence-electron chi connectivity index (χ2n) is 6.05. The molecule has 1 fully saturated rings. The Morgan fingerprint density at radius 2 is 1.88 bits per heavy atom. The van der Waals surface area contributed by atoms with E-state index in [1.807, 2.05) is 0 Å². The van der Waals surface area contributed by atoms with Crippen LogP contribution in [0.3, 0.4) is 0 Å². The number of hydrogen-bond donors (Lipinski definition) is 2. The largest absolute Gasteiger partial charge is 0.439 e. The van der Waals surface area contributed by atoms with Gasteiger partial charge in [-0.1, -0.05) is 18.0 Å². The molecule has 1 amide bonds. The van der Waals surface area contributed by atoms with E-state index in [2.05, 4.69) is 10.3 Å². The molecule has 0 saturated heterocycles. The Bertz CT molecular complexity index is 696. The van der Waals surface area contributed by atoms with Crippen molar-refractivity contribution in [3.05, 3.63) is 47.6 Å².